The SMILES string of the molecule is CC(C)OC(=O)N1CCC(C(C)Oc2ccc(-c3ccc4c(c3)CN(OCOC(C)(C)C)[C@H](C(=O)N3CCC[C@H]3C#N)C4)cn2)CC1. The zero-order valence-electron chi connectivity index (χ0n) is 28.6. The summed E-state index contributed by atoms with van der Waals surface area (Å²) in [6, 6.07) is 11.5. The van der Waals surface area contributed by atoms with Gasteiger partial charge < -0.3 is 24.0 Å². The van der Waals surface area contributed by atoms with Crippen molar-refractivity contribution in [2.45, 2.75) is 110 Å². The Morgan fingerprint density at radius 2 is 1.77 bits per heavy atom. The highest BCUT2D eigenvalue weighted by Gasteiger charge is 2.39. The number of hydroxylamine groups is 2. The van der Waals surface area contributed by atoms with Gasteiger partial charge in [-0.1, -0.05) is 12.1 Å². The highest BCUT2D eigenvalue weighted by molar-refractivity contribution is 5.83. The van der Waals surface area contributed by atoms with Crippen molar-refractivity contribution in [3.05, 3.63) is 47.7 Å². The first-order valence-corrected chi connectivity index (χ1v) is 16.9. The molecule has 0 N–H and O–H groups in total. The van der Waals surface area contributed by atoms with Crippen LogP contribution in [0.2, 0.25) is 0 Å². The zero-order valence-corrected chi connectivity index (χ0v) is 28.6. The van der Waals surface area contributed by atoms with Gasteiger partial charge in [0.25, 0.3) is 0 Å². The molecule has 2 amide bonds. The van der Waals surface area contributed by atoms with Crippen LogP contribution in [0.5, 0.6) is 5.88 Å². The molecule has 0 bridgehead atoms. The quantitative estimate of drug-likeness (QED) is 0.315. The Bertz CT molecular complexity index is 1430. The van der Waals surface area contributed by atoms with Crippen LogP contribution in [0.4, 0.5) is 4.79 Å². The maximum Gasteiger partial charge on any atom is 0.410 e. The van der Waals surface area contributed by atoms with Crippen molar-refractivity contribution in [3.63, 3.8) is 0 Å². The fraction of sp³-hybridized carbons (Fsp3) is 0.611. The van der Waals surface area contributed by atoms with Gasteiger partial charge in [0.15, 0.2) is 6.79 Å². The van der Waals surface area contributed by atoms with E-state index in [9.17, 15) is 14.9 Å². The van der Waals surface area contributed by atoms with Crippen molar-refractivity contribution >= 4 is 12.0 Å². The Kier molecular flexibility index (Phi) is 11.1. The molecule has 0 radical (unpaired) electrons. The summed E-state index contributed by atoms with van der Waals surface area (Å²) in [7, 11) is 0. The molecule has 2 aromatic rings. The van der Waals surface area contributed by atoms with Crippen molar-refractivity contribution in [2.75, 3.05) is 26.4 Å². The van der Waals surface area contributed by atoms with E-state index in [0.29, 0.717) is 50.8 Å². The van der Waals surface area contributed by atoms with E-state index in [-0.39, 0.29) is 36.6 Å². The van der Waals surface area contributed by atoms with E-state index >= 15 is 0 Å². The Balaban J connectivity index is 1.23. The predicted molar refractivity (Wildman–Crippen MR) is 176 cm³/mol. The highest BCUT2D eigenvalue weighted by atomic mass is 16.8. The van der Waals surface area contributed by atoms with Crippen molar-refractivity contribution in [2.24, 2.45) is 5.92 Å². The molecule has 1 aromatic carbocycles. The van der Waals surface area contributed by atoms with E-state index in [0.717, 1.165) is 41.5 Å². The topological polar surface area (TPSA) is 117 Å². The normalized spacial score (nSPS) is 21.3. The number of aromatic nitrogens is 1. The largest absolute Gasteiger partial charge is 0.474 e. The van der Waals surface area contributed by atoms with Gasteiger partial charge in [-0.15, -0.1) is 0 Å². The van der Waals surface area contributed by atoms with Crippen LogP contribution in [0.1, 0.15) is 78.4 Å². The number of rotatable bonds is 9. The second-order valence-electron chi connectivity index (χ2n) is 14.1. The van der Waals surface area contributed by atoms with Crippen LogP contribution in [0.3, 0.4) is 0 Å². The van der Waals surface area contributed by atoms with Crippen LogP contribution < -0.4 is 4.74 Å². The molecular weight excluding hydrogens is 598 g/mol. The molecule has 2 fully saturated rings. The Morgan fingerprint density at radius 1 is 1.02 bits per heavy atom. The molecule has 0 aliphatic carbocycles. The summed E-state index contributed by atoms with van der Waals surface area (Å²) >= 11 is 0. The van der Waals surface area contributed by atoms with Crippen molar-refractivity contribution < 1.29 is 28.6 Å². The predicted octanol–water partition coefficient (Wildman–Crippen LogP) is 5.72. The molecule has 0 spiro atoms. The van der Waals surface area contributed by atoms with E-state index in [1.807, 2.05) is 52.9 Å². The van der Waals surface area contributed by atoms with Gasteiger partial charge in [-0.05, 0) is 108 Å². The molecular formula is C36H49N5O6. The van der Waals surface area contributed by atoms with E-state index in [1.54, 1.807) is 14.9 Å². The highest BCUT2D eigenvalue weighted by Crippen LogP contribution is 2.32. The number of benzene rings is 1. The first-order chi connectivity index (χ1) is 22.4. The lowest BCUT2D eigenvalue weighted by Crippen LogP contribution is -2.52. The number of hydrogen-bond acceptors (Lipinski definition) is 9. The molecule has 5 rings (SSSR count). The number of pyridine rings is 1. The summed E-state index contributed by atoms with van der Waals surface area (Å²) in [4.78, 5) is 40.1. The van der Waals surface area contributed by atoms with Crippen LogP contribution in [0.15, 0.2) is 36.5 Å². The lowest BCUT2D eigenvalue weighted by atomic mass is 9.91. The molecule has 3 aliphatic rings. The molecule has 47 heavy (non-hydrogen) atoms. The smallest absolute Gasteiger partial charge is 0.410 e. The van der Waals surface area contributed by atoms with Gasteiger partial charge in [0, 0.05) is 37.5 Å². The van der Waals surface area contributed by atoms with Gasteiger partial charge in [0.1, 0.15) is 18.2 Å². The van der Waals surface area contributed by atoms with Crippen LogP contribution in [0, 0.1) is 17.2 Å². The number of carbonyl (C=O) groups is 2. The number of carbonyl (C=O) groups excluding carboxylic acids is 2. The van der Waals surface area contributed by atoms with Crippen LogP contribution in [-0.2, 0) is 32.1 Å². The third kappa shape index (κ3) is 8.80. The van der Waals surface area contributed by atoms with Gasteiger partial charge >= 0.3 is 6.09 Å². The van der Waals surface area contributed by atoms with Crippen molar-refractivity contribution in [1.29, 1.82) is 5.26 Å². The van der Waals surface area contributed by atoms with Crippen LogP contribution in [0.25, 0.3) is 11.1 Å². The molecule has 1 unspecified atom stereocenters. The zero-order chi connectivity index (χ0) is 33.7. The summed E-state index contributed by atoms with van der Waals surface area (Å²) in [6.07, 6.45) is 5.15. The maximum atomic E-state index is 13.7. The molecule has 3 atom stereocenters. The van der Waals surface area contributed by atoms with E-state index in [1.165, 1.54) is 0 Å². The minimum Gasteiger partial charge on any atom is -0.474 e. The summed E-state index contributed by atoms with van der Waals surface area (Å²) in [5.41, 5.74) is 3.74. The average Bonchev–Trinajstić information content (AvgIpc) is 3.52. The van der Waals surface area contributed by atoms with Crippen molar-refractivity contribution in [3.8, 4) is 23.1 Å². The van der Waals surface area contributed by atoms with E-state index < -0.39 is 12.1 Å². The average molecular weight is 648 g/mol. The second kappa shape index (κ2) is 15.0. The molecule has 0 saturated carbocycles. The number of fused-ring (bicyclic) bond motifs is 1. The first-order valence-electron chi connectivity index (χ1n) is 16.9. The Labute approximate surface area is 278 Å². The van der Waals surface area contributed by atoms with Crippen LogP contribution in [-0.4, -0.2) is 88.2 Å². The van der Waals surface area contributed by atoms with Gasteiger partial charge in [-0.2, -0.15) is 10.3 Å². The minimum atomic E-state index is -0.535. The molecule has 254 valence electrons. The number of amides is 2. The molecule has 11 heteroatoms. The van der Waals surface area contributed by atoms with Gasteiger partial charge in [0.05, 0.1) is 24.3 Å². The summed E-state index contributed by atoms with van der Waals surface area (Å²) in [5.74, 6) is 0.817. The second-order valence-corrected chi connectivity index (χ2v) is 14.1. The van der Waals surface area contributed by atoms with Gasteiger partial charge in [-0.25, -0.2) is 9.78 Å². The first kappa shape index (κ1) is 34.6. The summed E-state index contributed by atoms with van der Waals surface area (Å²) in [6.45, 7) is 14.0. The van der Waals surface area contributed by atoms with E-state index in [2.05, 4.69) is 36.2 Å². The molecule has 2 saturated heterocycles. The Hall–Kier alpha value is -3.72. The number of nitriles is 1. The maximum absolute atomic E-state index is 13.7. The van der Waals surface area contributed by atoms with Crippen LogP contribution >= 0.6 is 0 Å². The fourth-order valence-electron chi connectivity index (χ4n) is 6.45. The monoisotopic (exact) mass is 647 g/mol. The molecule has 11 nitrogen and oxygen atoms in total. The number of nitrogens with zero attached hydrogens (tertiary/aromatic N) is 5. The lowest BCUT2D eigenvalue weighted by Gasteiger charge is -2.37. The summed E-state index contributed by atoms with van der Waals surface area (Å²) in [5, 5.41) is 11.3. The number of likely N-dealkylation sites (tertiary alicyclic amines) is 2. The number of piperidine rings is 1. The van der Waals surface area contributed by atoms with E-state index in [4.69, 9.17) is 19.0 Å². The van der Waals surface area contributed by atoms with Gasteiger partial charge in [0.2, 0.25) is 11.8 Å². The lowest BCUT2D eigenvalue weighted by molar-refractivity contribution is -0.268. The van der Waals surface area contributed by atoms with Gasteiger partial charge in [-0.3, -0.25) is 9.63 Å². The molecule has 1 aromatic heterocycles. The number of ether oxygens (including phenoxy) is 3. The number of hydrogen-bond donors (Lipinski definition) is 0. The fourth-order valence-corrected chi connectivity index (χ4v) is 6.45. The molecule has 3 aliphatic heterocycles. The molecule has 4 heterocycles. The Morgan fingerprint density at radius 3 is 2.43 bits per heavy atom. The minimum absolute atomic E-state index is 0.0254. The third-order valence-corrected chi connectivity index (χ3v) is 9.15. The van der Waals surface area contributed by atoms with Crippen molar-refractivity contribution in [1.82, 2.24) is 19.8 Å². The standard InChI is InChI=1S/C36H49N5O6/c1-24(2)46-35(43)39-16-13-26(14-17-39)25(3)47-33-12-11-29(21-38-33)27-9-10-28-19-32(34(42)40-15-7-8-31(40)20-37)41(22-30(28)18-27)45-23-44-36(4,5)6/h9-12,18,21,24-26,31-32H,7-8,13-17,19,22-23H2,1-6H3/t25?,31-,32-/m0/s1. The summed E-state index contributed by atoms with van der Waals surface area (Å²) < 4.78 is 17.4. The third-order valence-electron chi connectivity index (χ3n) is 9.15.